The predicted octanol–water partition coefficient (Wildman–Crippen LogP) is 4.97. The lowest BCUT2D eigenvalue weighted by Gasteiger charge is -2.10. The number of carboxylic acids is 1. The molecule has 0 aliphatic carbocycles. The van der Waals surface area contributed by atoms with E-state index in [1.165, 1.54) is 24.5 Å². The molecule has 1 aliphatic heterocycles. The summed E-state index contributed by atoms with van der Waals surface area (Å²) in [5.41, 5.74) is 3.64. The summed E-state index contributed by atoms with van der Waals surface area (Å²) in [5, 5.41) is 14.8. The highest BCUT2D eigenvalue weighted by atomic mass is 35.5. The number of benzene rings is 1. The van der Waals surface area contributed by atoms with Gasteiger partial charge in [0.2, 0.25) is 0 Å². The molecule has 10 heteroatoms. The topological polar surface area (TPSA) is 120 Å². The standard InChI is InChI=1S/C23H21ClFN5O3/c1-11(2)17-7-12(3-6-19(31)32)18(29-17)9-14-20-21(26-10-27-22(20)30-23(14)33)28-13-4-5-16(25)15(24)8-13/h4-5,7-11,29H,3,6H2,1-2H3,(H,31,32)(H2,26,27,28,30,33). The second-order valence-electron chi connectivity index (χ2n) is 7.92. The predicted molar refractivity (Wildman–Crippen MR) is 124 cm³/mol. The Hall–Kier alpha value is -3.72. The minimum absolute atomic E-state index is 0.0322. The largest absolute Gasteiger partial charge is 0.481 e. The Labute approximate surface area is 193 Å². The molecule has 1 amide bonds. The maximum atomic E-state index is 13.5. The Morgan fingerprint density at radius 2 is 2.09 bits per heavy atom. The van der Waals surface area contributed by atoms with Gasteiger partial charge in [-0.2, -0.15) is 0 Å². The van der Waals surface area contributed by atoms with Crippen LogP contribution in [0.2, 0.25) is 5.02 Å². The summed E-state index contributed by atoms with van der Waals surface area (Å²) in [6.45, 7) is 4.04. The van der Waals surface area contributed by atoms with Gasteiger partial charge in [-0.15, -0.1) is 0 Å². The van der Waals surface area contributed by atoms with Gasteiger partial charge in [-0.3, -0.25) is 9.59 Å². The van der Waals surface area contributed by atoms with Crippen LogP contribution < -0.4 is 10.6 Å². The third-order valence-corrected chi connectivity index (χ3v) is 5.54. The van der Waals surface area contributed by atoms with Crippen LogP contribution in [0.25, 0.3) is 11.6 Å². The van der Waals surface area contributed by atoms with Crippen LogP contribution in [-0.4, -0.2) is 31.9 Å². The molecule has 8 nitrogen and oxygen atoms in total. The molecule has 0 spiro atoms. The highest BCUT2D eigenvalue weighted by Gasteiger charge is 2.30. The van der Waals surface area contributed by atoms with E-state index in [4.69, 9.17) is 16.7 Å². The quantitative estimate of drug-likeness (QED) is 0.362. The number of aliphatic carboxylic acids is 1. The molecule has 33 heavy (non-hydrogen) atoms. The number of aryl methyl sites for hydroxylation is 1. The van der Waals surface area contributed by atoms with E-state index in [2.05, 4.69) is 25.6 Å². The van der Waals surface area contributed by atoms with E-state index >= 15 is 0 Å². The van der Waals surface area contributed by atoms with E-state index in [-0.39, 0.29) is 23.3 Å². The van der Waals surface area contributed by atoms with E-state index in [1.807, 2.05) is 19.9 Å². The van der Waals surface area contributed by atoms with Crippen LogP contribution >= 0.6 is 11.6 Å². The van der Waals surface area contributed by atoms with Crippen LogP contribution in [0.15, 0.2) is 30.6 Å². The highest BCUT2D eigenvalue weighted by molar-refractivity contribution is 6.35. The Balaban J connectivity index is 1.76. The SMILES string of the molecule is CC(C)c1cc(CCC(=O)O)c(C=C2C(=O)Nc3ncnc(Nc4ccc(F)c(Cl)c4)c32)[nH]1. The fourth-order valence-corrected chi connectivity index (χ4v) is 3.72. The molecule has 0 saturated heterocycles. The van der Waals surface area contributed by atoms with Crippen LogP contribution in [0.1, 0.15) is 48.7 Å². The zero-order valence-corrected chi connectivity index (χ0v) is 18.6. The average Bonchev–Trinajstić information content (AvgIpc) is 3.31. The fourth-order valence-electron chi connectivity index (χ4n) is 3.54. The van der Waals surface area contributed by atoms with Gasteiger partial charge in [0.25, 0.3) is 5.91 Å². The number of rotatable bonds is 7. The van der Waals surface area contributed by atoms with Gasteiger partial charge in [-0.1, -0.05) is 25.4 Å². The maximum absolute atomic E-state index is 13.5. The van der Waals surface area contributed by atoms with Gasteiger partial charge in [-0.25, -0.2) is 14.4 Å². The normalized spacial score (nSPS) is 14.0. The van der Waals surface area contributed by atoms with E-state index in [1.54, 1.807) is 6.08 Å². The number of carbonyl (C=O) groups excluding carboxylic acids is 1. The first kappa shape index (κ1) is 22.5. The summed E-state index contributed by atoms with van der Waals surface area (Å²) in [6, 6.07) is 6.08. The number of nitrogens with zero attached hydrogens (tertiary/aromatic N) is 2. The molecular formula is C23H21ClFN5O3. The van der Waals surface area contributed by atoms with Crippen molar-refractivity contribution in [3.63, 3.8) is 0 Å². The van der Waals surface area contributed by atoms with Gasteiger partial charge in [0.1, 0.15) is 23.8 Å². The van der Waals surface area contributed by atoms with Gasteiger partial charge < -0.3 is 20.7 Å². The maximum Gasteiger partial charge on any atom is 0.303 e. The van der Waals surface area contributed by atoms with E-state index in [0.717, 1.165) is 11.3 Å². The van der Waals surface area contributed by atoms with E-state index in [9.17, 15) is 14.0 Å². The Morgan fingerprint density at radius 3 is 2.79 bits per heavy atom. The first-order valence-electron chi connectivity index (χ1n) is 10.3. The third-order valence-electron chi connectivity index (χ3n) is 5.25. The van der Waals surface area contributed by atoms with Crippen LogP contribution in [0.4, 0.5) is 21.7 Å². The molecule has 3 aromatic rings. The first-order chi connectivity index (χ1) is 15.7. The van der Waals surface area contributed by atoms with Crippen molar-refractivity contribution in [3.05, 3.63) is 63.9 Å². The Kier molecular flexibility index (Phi) is 6.15. The van der Waals surface area contributed by atoms with Gasteiger partial charge >= 0.3 is 5.97 Å². The molecule has 0 atom stereocenters. The molecule has 0 fully saturated rings. The number of nitrogens with one attached hydrogen (secondary N) is 3. The van der Waals surface area contributed by atoms with Gasteiger partial charge in [-0.05, 0) is 48.2 Å². The van der Waals surface area contributed by atoms with Crippen molar-refractivity contribution in [2.75, 3.05) is 10.6 Å². The van der Waals surface area contributed by atoms with Gasteiger partial charge in [0.15, 0.2) is 0 Å². The molecule has 1 aliphatic rings. The van der Waals surface area contributed by atoms with Crippen molar-refractivity contribution >= 4 is 52.4 Å². The summed E-state index contributed by atoms with van der Waals surface area (Å²) >= 11 is 5.88. The molecule has 1 aromatic carbocycles. The number of carboxylic acid groups (broad SMARTS) is 1. The number of amides is 1. The van der Waals surface area contributed by atoms with Crippen LogP contribution in [0, 0.1) is 5.82 Å². The van der Waals surface area contributed by atoms with Crippen molar-refractivity contribution in [1.82, 2.24) is 15.0 Å². The fraction of sp³-hybridized carbons (Fsp3) is 0.217. The number of hydrogen-bond donors (Lipinski definition) is 4. The Bertz CT molecular complexity index is 1290. The molecular weight excluding hydrogens is 449 g/mol. The number of H-pyrrole nitrogens is 1. The zero-order valence-electron chi connectivity index (χ0n) is 17.9. The minimum Gasteiger partial charge on any atom is -0.481 e. The monoisotopic (exact) mass is 469 g/mol. The summed E-state index contributed by atoms with van der Waals surface area (Å²) in [7, 11) is 0. The van der Waals surface area contributed by atoms with Crippen LogP contribution in [0.3, 0.4) is 0 Å². The number of halogens is 2. The second kappa shape index (κ2) is 9.03. The first-order valence-corrected chi connectivity index (χ1v) is 10.6. The van der Waals surface area contributed by atoms with Crippen LogP contribution in [-0.2, 0) is 16.0 Å². The smallest absolute Gasteiger partial charge is 0.303 e. The summed E-state index contributed by atoms with van der Waals surface area (Å²) < 4.78 is 13.5. The molecule has 0 unspecified atom stereocenters. The average molecular weight is 470 g/mol. The van der Waals surface area contributed by atoms with Crippen molar-refractivity contribution in [2.24, 2.45) is 0 Å². The molecule has 0 saturated carbocycles. The van der Waals surface area contributed by atoms with E-state index < -0.39 is 11.8 Å². The summed E-state index contributed by atoms with van der Waals surface area (Å²) in [4.78, 5) is 35.6. The lowest BCUT2D eigenvalue weighted by molar-refractivity contribution is -0.137. The second-order valence-corrected chi connectivity index (χ2v) is 8.33. The van der Waals surface area contributed by atoms with Gasteiger partial charge in [0, 0.05) is 23.5 Å². The number of hydrogen-bond acceptors (Lipinski definition) is 5. The molecule has 170 valence electrons. The number of aromatic nitrogens is 3. The molecule has 2 aromatic heterocycles. The molecule has 3 heterocycles. The Morgan fingerprint density at radius 1 is 1.30 bits per heavy atom. The number of carbonyl (C=O) groups is 2. The number of fused-ring (bicyclic) bond motifs is 1. The summed E-state index contributed by atoms with van der Waals surface area (Å²) in [5.74, 6) is -0.948. The molecule has 4 N–H and O–H groups in total. The van der Waals surface area contributed by atoms with Crippen molar-refractivity contribution in [3.8, 4) is 0 Å². The van der Waals surface area contributed by atoms with Crippen molar-refractivity contribution in [1.29, 1.82) is 0 Å². The number of anilines is 3. The molecule has 0 bridgehead atoms. The molecule has 4 rings (SSSR count). The van der Waals surface area contributed by atoms with Gasteiger partial charge in [0.05, 0.1) is 16.2 Å². The lowest BCUT2D eigenvalue weighted by atomic mass is 10.0. The third kappa shape index (κ3) is 4.73. The lowest BCUT2D eigenvalue weighted by Crippen LogP contribution is -2.04. The minimum atomic E-state index is -0.900. The summed E-state index contributed by atoms with van der Waals surface area (Å²) in [6.07, 6.45) is 3.27. The van der Waals surface area contributed by atoms with E-state index in [0.29, 0.717) is 40.6 Å². The van der Waals surface area contributed by atoms with Crippen molar-refractivity contribution < 1.29 is 19.1 Å². The van der Waals surface area contributed by atoms with Crippen LogP contribution in [0.5, 0.6) is 0 Å². The zero-order chi connectivity index (χ0) is 23.7. The molecule has 0 radical (unpaired) electrons. The number of aromatic amines is 1. The van der Waals surface area contributed by atoms with Crippen molar-refractivity contribution in [2.45, 2.75) is 32.6 Å². The highest BCUT2D eigenvalue weighted by Crippen LogP contribution is 2.38.